The first-order valence-corrected chi connectivity index (χ1v) is 5.31. The molecule has 0 bridgehead atoms. The average molecular weight is 233 g/mol. The summed E-state index contributed by atoms with van der Waals surface area (Å²) < 4.78 is 37.1. The highest BCUT2D eigenvalue weighted by Gasteiger charge is 2.35. The van der Waals surface area contributed by atoms with Gasteiger partial charge in [0.15, 0.2) is 5.69 Å². The van der Waals surface area contributed by atoms with Crippen LogP contribution in [0.2, 0.25) is 0 Å². The lowest BCUT2D eigenvalue weighted by Crippen LogP contribution is -2.29. The molecule has 0 aromatic carbocycles. The van der Waals surface area contributed by atoms with E-state index in [0.717, 1.165) is 31.9 Å². The van der Waals surface area contributed by atoms with E-state index in [0.29, 0.717) is 5.69 Å². The largest absolute Gasteiger partial charge is 0.435 e. The van der Waals surface area contributed by atoms with Gasteiger partial charge in [-0.25, -0.2) is 0 Å². The molecular formula is C10H14F3N3. The Morgan fingerprint density at radius 1 is 1.44 bits per heavy atom. The smallest absolute Gasteiger partial charge is 0.298 e. The number of likely N-dealkylation sites (tertiary alicyclic amines) is 1. The zero-order valence-electron chi connectivity index (χ0n) is 9.01. The first-order valence-electron chi connectivity index (χ1n) is 5.31. The van der Waals surface area contributed by atoms with E-state index in [1.165, 1.54) is 0 Å². The second-order valence-corrected chi connectivity index (χ2v) is 4.20. The van der Waals surface area contributed by atoms with Crippen LogP contribution >= 0.6 is 0 Å². The van der Waals surface area contributed by atoms with Gasteiger partial charge < -0.3 is 0 Å². The summed E-state index contributed by atoms with van der Waals surface area (Å²) in [6, 6.07) is 1.16. The molecule has 3 nitrogen and oxygen atoms in total. The number of rotatable bonds is 1. The maximum atomic E-state index is 12.4. The van der Waals surface area contributed by atoms with Crippen molar-refractivity contribution in [3.8, 4) is 0 Å². The summed E-state index contributed by atoms with van der Waals surface area (Å²) in [6.07, 6.45) is -1.32. The lowest BCUT2D eigenvalue weighted by molar-refractivity contribution is -0.141. The lowest BCUT2D eigenvalue weighted by Gasteiger charge is -2.31. The first-order chi connectivity index (χ1) is 7.48. The summed E-state index contributed by atoms with van der Waals surface area (Å²) >= 11 is 0. The van der Waals surface area contributed by atoms with Crippen molar-refractivity contribution < 1.29 is 13.2 Å². The van der Waals surface area contributed by atoms with Crippen LogP contribution in [0.1, 0.15) is 36.7 Å². The van der Waals surface area contributed by atoms with Crippen molar-refractivity contribution in [1.29, 1.82) is 0 Å². The molecular weight excluding hydrogens is 219 g/mol. The number of halogens is 3. The normalized spacial score (nSPS) is 23.6. The summed E-state index contributed by atoms with van der Waals surface area (Å²) in [5.41, 5.74) is -0.268. The van der Waals surface area contributed by atoms with Crippen molar-refractivity contribution in [2.75, 3.05) is 13.6 Å². The van der Waals surface area contributed by atoms with Crippen molar-refractivity contribution in [3.05, 3.63) is 17.5 Å². The Morgan fingerprint density at radius 3 is 2.75 bits per heavy atom. The molecule has 1 aliphatic heterocycles. The lowest BCUT2D eigenvalue weighted by atomic mass is 10.00. The standard InChI is InChI=1S/C10H14F3N3/c1-16-5-3-2-4-8(16)7-6-9(15-14-7)10(11,12)13/h6,8H,2-5H2,1H3,(H,14,15)/t8-/m0/s1. The van der Waals surface area contributed by atoms with E-state index in [1.807, 2.05) is 7.05 Å². The monoisotopic (exact) mass is 233 g/mol. The zero-order chi connectivity index (χ0) is 11.8. The molecule has 0 radical (unpaired) electrons. The highest BCUT2D eigenvalue weighted by Crippen LogP contribution is 2.32. The van der Waals surface area contributed by atoms with Crippen LogP contribution in [0.5, 0.6) is 0 Å². The molecule has 1 fully saturated rings. The molecule has 1 aliphatic rings. The Hall–Kier alpha value is -1.04. The molecule has 0 aliphatic carbocycles. The molecule has 0 saturated carbocycles. The maximum Gasteiger partial charge on any atom is 0.435 e. The highest BCUT2D eigenvalue weighted by molar-refractivity contribution is 5.15. The topological polar surface area (TPSA) is 31.9 Å². The van der Waals surface area contributed by atoms with E-state index >= 15 is 0 Å². The molecule has 1 atom stereocenters. The van der Waals surface area contributed by atoms with E-state index in [9.17, 15) is 13.2 Å². The number of H-pyrrole nitrogens is 1. The molecule has 2 rings (SSSR count). The van der Waals surface area contributed by atoms with Gasteiger partial charge >= 0.3 is 6.18 Å². The van der Waals surface area contributed by atoms with Crippen LogP contribution in [0, 0.1) is 0 Å². The predicted octanol–water partition coefficient (Wildman–Crippen LogP) is 2.59. The molecule has 1 N–H and O–H groups in total. The van der Waals surface area contributed by atoms with Gasteiger partial charge in [-0.3, -0.25) is 10.00 Å². The second-order valence-electron chi connectivity index (χ2n) is 4.20. The fourth-order valence-electron chi connectivity index (χ4n) is 2.12. The third-order valence-electron chi connectivity index (χ3n) is 3.02. The molecule has 1 aromatic rings. The Morgan fingerprint density at radius 2 is 2.19 bits per heavy atom. The number of piperidine rings is 1. The summed E-state index contributed by atoms with van der Waals surface area (Å²) in [5, 5.41) is 5.82. The predicted molar refractivity (Wildman–Crippen MR) is 52.8 cm³/mol. The van der Waals surface area contributed by atoms with Gasteiger partial charge in [-0.1, -0.05) is 6.42 Å². The number of aromatic amines is 1. The van der Waals surface area contributed by atoms with E-state index in [1.54, 1.807) is 0 Å². The van der Waals surface area contributed by atoms with Gasteiger partial charge in [0.2, 0.25) is 0 Å². The van der Waals surface area contributed by atoms with Gasteiger partial charge in [0, 0.05) is 0 Å². The van der Waals surface area contributed by atoms with Crippen LogP contribution in [0.25, 0.3) is 0 Å². The van der Waals surface area contributed by atoms with E-state index in [-0.39, 0.29) is 6.04 Å². The molecule has 2 heterocycles. The van der Waals surface area contributed by atoms with Crippen molar-refractivity contribution >= 4 is 0 Å². The Labute approximate surface area is 91.6 Å². The van der Waals surface area contributed by atoms with Crippen LogP contribution in [0.4, 0.5) is 13.2 Å². The van der Waals surface area contributed by atoms with E-state index in [2.05, 4.69) is 15.1 Å². The third-order valence-corrected chi connectivity index (χ3v) is 3.02. The van der Waals surface area contributed by atoms with Gasteiger partial charge in [-0.05, 0) is 32.5 Å². The number of nitrogens with zero attached hydrogens (tertiary/aromatic N) is 2. The van der Waals surface area contributed by atoms with Crippen LogP contribution in [0.15, 0.2) is 6.07 Å². The molecule has 0 amide bonds. The van der Waals surface area contributed by atoms with E-state index < -0.39 is 11.9 Å². The van der Waals surface area contributed by atoms with Gasteiger partial charge in [-0.15, -0.1) is 0 Å². The van der Waals surface area contributed by atoms with Crippen molar-refractivity contribution in [2.24, 2.45) is 0 Å². The fourth-order valence-corrected chi connectivity index (χ4v) is 2.12. The maximum absolute atomic E-state index is 12.4. The van der Waals surface area contributed by atoms with Gasteiger partial charge in [-0.2, -0.15) is 18.3 Å². The van der Waals surface area contributed by atoms with Crippen LogP contribution in [0.3, 0.4) is 0 Å². The minimum absolute atomic E-state index is 0.0392. The number of alkyl halides is 3. The number of hydrogen-bond acceptors (Lipinski definition) is 2. The summed E-state index contributed by atoms with van der Waals surface area (Å²) in [6.45, 7) is 0.922. The molecule has 6 heteroatoms. The van der Waals surface area contributed by atoms with Crippen molar-refractivity contribution in [3.63, 3.8) is 0 Å². The third kappa shape index (κ3) is 2.21. The highest BCUT2D eigenvalue weighted by atomic mass is 19.4. The molecule has 16 heavy (non-hydrogen) atoms. The minimum atomic E-state index is -4.36. The molecule has 0 unspecified atom stereocenters. The second kappa shape index (κ2) is 4.08. The fraction of sp³-hybridized carbons (Fsp3) is 0.700. The minimum Gasteiger partial charge on any atom is -0.298 e. The average Bonchev–Trinajstić information content (AvgIpc) is 2.66. The van der Waals surface area contributed by atoms with Crippen LogP contribution < -0.4 is 0 Å². The van der Waals surface area contributed by atoms with Crippen LogP contribution in [-0.2, 0) is 6.18 Å². The zero-order valence-corrected chi connectivity index (χ0v) is 9.01. The molecule has 1 saturated heterocycles. The summed E-state index contributed by atoms with van der Waals surface area (Å²) in [5.74, 6) is 0. The number of hydrogen-bond donors (Lipinski definition) is 1. The molecule has 1 aromatic heterocycles. The first kappa shape index (κ1) is 11.4. The molecule has 0 spiro atoms. The SMILES string of the molecule is CN1CCCC[C@H]1c1cc(C(F)(F)F)n[nH]1. The van der Waals surface area contributed by atoms with Crippen molar-refractivity contribution in [1.82, 2.24) is 15.1 Å². The Kier molecular flexibility index (Phi) is 2.92. The number of aromatic nitrogens is 2. The van der Waals surface area contributed by atoms with Gasteiger partial charge in [0.05, 0.1) is 11.7 Å². The summed E-state index contributed by atoms with van der Waals surface area (Å²) in [4.78, 5) is 2.07. The van der Waals surface area contributed by atoms with E-state index in [4.69, 9.17) is 0 Å². The van der Waals surface area contributed by atoms with Crippen LogP contribution in [-0.4, -0.2) is 28.7 Å². The van der Waals surface area contributed by atoms with Crippen molar-refractivity contribution in [2.45, 2.75) is 31.5 Å². The Balaban J connectivity index is 2.18. The van der Waals surface area contributed by atoms with Gasteiger partial charge in [0.25, 0.3) is 0 Å². The quantitative estimate of drug-likeness (QED) is 0.808. The molecule has 90 valence electrons. The Bertz CT molecular complexity index is 358. The van der Waals surface area contributed by atoms with Gasteiger partial charge in [0.1, 0.15) is 0 Å². The summed E-state index contributed by atoms with van der Waals surface area (Å²) in [7, 11) is 1.93. The number of nitrogens with one attached hydrogen (secondary N) is 1.